The summed E-state index contributed by atoms with van der Waals surface area (Å²) in [6.45, 7) is 0. The van der Waals surface area contributed by atoms with E-state index in [2.05, 4.69) is 10.1 Å². The Bertz CT molecular complexity index is 714. The average molecular weight is 267 g/mol. The summed E-state index contributed by atoms with van der Waals surface area (Å²) in [5.41, 5.74) is 0.973. The Morgan fingerprint density at radius 3 is 2.65 bits per heavy atom. The number of hydrogen-bond donors (Lipinski definition) is 0. The second-order valence-electron chi connectivity index (χ2n) is 4.05. The Hall–Kier alpha value is -2.89. The summed E-state index contributed by atoms with van der Waals surface area (Å²) in [6, 6.07) is 9.01. The number of nitrogens with zero attached hydrogens (tertiary/aromatic N) is 4. The molecule has 0 saturated carbocycles. The molecule has 0 unspecified atom stereocenters. The lowest BCUT2D eigenvalue weighted by Gasteiger charge is -2.08. The Balaban J connectivity index is 2.11. The van der Waals surface area contributed by atoms with Crippen LogP contribution in [0.2, 0.25) is 0 Å². The topological polar surface area (TPSA) is 61.9 Å². The SMILES string of the molecule is COc1ccc(-n2nc([C]=O)cc2-n2cccc2)cn1. The Labute approximate surface area is 115 Å². The third-order valence-electron chi connectivity index (χ3n) is 2.84. The van der Waals surface area contributed by atoms with Gasteiger partial charge in [-0.25, -0.2) is 9.67 Å². The molecule has 0 amide bonds. The van der Waals surface area contributed by atoms with Crippen molar-refractivity contribution in [3.8, 4) is 17.4 Å². The molecule has 0 N–H and O–H groups in total. The minimum atomic E-state index is 0.240. The third kappa shape index (κ3) is 2.07. The second kappa shape index (κ2) is 5.00. The summed E-state index contributed by atoms with van der Waals surface area (Å²) in [5, 5.41) is 4.20. The lowest BCUT2D eigenvalue weighted by Crippen LogP contribution is -2.04. The summed E-state index contributed by atoms with van der Waals surface area (Å²) < 4.78 is 8.52. The van der Waals surface area contributed by atoms with E-state index in [9.17, 15) is 4.79 Å². The number of aromatic nitrogens is 4. The molecule has 0 aliphatic heterocycles. The molecule has 0 spiro atoms. The quantitative estimate of drug-likeness (QED) is 0.719. The van der Waals surface area contributed by atoms with Crippen LogP contribution in [0.25, 0.3) is 11.5 Å². The molecule has 20 heavy (non-hydrogen) atoms. The van der Waals surface area contributed by atoms with Gasteiger partial charge in [0.15, 0.2) is 0 Å². The van der Waals surface area contributed by atoms with Crippen molar-refractivity contribution in [2.24, 2.45) is 0 Å². The van der Waals surface area contributed by atoms with Crippen LogP contribution in [-0.4, -0.2) is 32.7 Å². The molecule has 6 nitrogen and oxygen atoms in total. The van der Waals surface area contributed by atoms with E-state index >= 15 is 0 Å². The Morgan fingerprint density at radius 1 is 1.25 bits per heavy atom. The number of hydrogen-bond acceptors (Lipinski definition) is 4. The number of methoxy groups -OCH3 is 1. The van der Waals surface area contributed by atoms with Gasteiger partial charge in [-0.2, -0.15) is 5.10 Å². The number of pyridine rings is 1. The van der Waals surface area contributed by atoms with Gasteiger partial charge in [-0.1, -0.05) is 0 Å². The molecule has 0 fully saturated rings. The van der Waals surface area contributed by atoms with E-state index in [4.69, 9.17) is 4.74 Å². The summed E-state index contributed by atoms with van der Waals surface area (Å²) in [6.07, 6.45) is 7.18. The highest BCUT2D eigenvalue weighted by atomic mass is 16.5. The van der Waals surface area contributed by atoms with E-state index in [0.29, 0.717) is 5.88 Å². The zero-order valence-electron chi connectivity index (χ0n) is 10.7. The largest absolute Gasteiger partial charge is 0.481 e. The fourth-order valence-electron chi connectivity index (χ4n) is 1.90. The zero-order valence-corrected chi connectivity index (χ0v) is 10.7. The minimum absolute atomic E-state index is 0.240. The summed E-state index contributed by atoms with van der Waals surface area (Å²) >= 11 is 0. The average Bonchev–Trinajstić information content (AvgIpc) is 3.16. The molecule has 0 aromatic carbocycles. The van der Waals surface area contributed by atoms with Crippen LogP contribution in [0.15, 0.2) is 48.9 Å². The number of carbonyl (C=O) groups excluding carboxylic acids is 1. The van der Waals surface area contributed by atoms with E-state index < -0.39 is 0 Å². The van der Waals surface area contributed by atoms with Gasteiger partial charge in [0.25, 0.3) is 6.29 Å². The van der Waals surface area contributed by atoms with Crippen molar-refractivity contribution < 1.29 is 9.53 Å². The van der Waals surface area contributed by atoms with Crippen molar-refractivity contribution in [2.45, 2.75) is 0 Å². The predicted molar refractivity (Wildman–Crippen MR) is 72.0 cm³/mol. The lowest BCUT2D eigenvalue weighted by atomic mass is 10.4. The van der Waals surface area contributed by atoms with Crippen LogP contribution in [0, 0.1) is 0 Å². The van der Waals surface area contributed by atoms with Crippen molar-refractivity contribution in [1.82, 2.24) is 19.3 Å². The van der Waals surface area contributed by atoms with E-state index in [1.807, 2.05) is 35.2 Å². The highest BCUT2D eigenvalue weighted by Crippen LogP contribution is 2.17. The maximum atomic E-state index is 10.8. The van der Waals surface area contributed by atoms with Crippen LogP contribution in [0.3, 0.4) is 0 Å². The summed E-state index contributed by atoms with van der Waals surface area (Å²) in [7, 11) is 1.56. The first-order chi connectivity index (χ1) is 9.81. The molecule has 6 heteroatoms. The third-order valence-corrected chi connectivity index (χ3v) is 2.84. The molecule has 0 bridgehead atoms. The van der Waals surface area contributed by atoms with Gasteiger partial charge >= 0.3 is 0 Å². The molecule has 3 aromatic rings. The van der Waals surface area contributed by atoms with Crippen LogP contribution in [0.5, 0.6) is 5.88 Å². The highest BCUT2D eigenvalue weighted by Gasteiger charge is 2.11. The standard InChI is InChI=1S/C14H11N4O2/c1-20-13-5-4-12(9-15-13)18-14(8-11(10-19)16-18)17-6-2-3-7-17/h2-9H,1H3. The molecule has 0 aliphatic carbocycles. The highest BCUT2D eigenvalue weighted by molar-refractivity contribution is 5.73. The van der Waals surface area contributed by atoms with Gasteiger partial charge in [0.1, 0.15) is 11.5 Å². The van der Waals surface area contributed by atoms with Crippen molar-refractivity contribution in [1.29, 1.82) is 0 Å². The van der Waals surface area contributed by atoms with Crippen LogP contribution < -0.4 is 4.74 Å². The van der Waals surface area contributed by atoms with Gasteiger partial charge in [0.05, 0.1) is 19.0 Å². The lowest BCUT2D eigenvalue weighted by molar-refractivity contribution is 0.397. The van der Waals surface area contributed by atoms with E-state index in [0.717, 1.165) is 11.5 Å². The molecule has 99 valence electrons. The second-order valence-corrected chi connectivity index (χ2v) is 4.05. The van der Waals surface area contributed by atoms with Crippen molar-refractivity contribution in [3.63, 3.8) is 0 Å². The van der Waals surface area contributed by atoms with Gasteiger partial charge in [-0.15, -0.1) is 0 Å². The van der Waals surface area contributed by atoms with E-state index in [1.54, 1.807) is 36.4 Å². The molecule has 3 aromatic heterocycles. The summed E-state index contributed by atoms with van der Waals surface area (Å²) in [4.78, 5) is 15.0. The molecule has 0 saturated heterocycles. The van der Waals surface area contributed by atoms with Crippen molar-refractivity contribution in [2.75, 3.05) is 7.11 Å². The van der Waals surface area contributed by atoms with Gasteiger partial charge in [-0.3, -0.25) is 4.79 Å². The van der Waals surface area contributed by atoms with Crippen LogP contribution >= 0.6 is 0 Å². The normalized spacial score (nSPS) is 10.4. The van der Waals surface area contributed by atoms with Crippen LogP contribution in [0.4, 0.5) is 0 Å². The van der Waals surface area contributed by atoms with Gasteiger partial charge in [-0.05, 0) is 18.2 Å². The maximum Gasteiger partial charge on any atom is 0.255 e. The van der Waals surface area contributed by atoms with Gasteiger partial charge in [0, 0.05) is 24.5 Å². The molecule has 3 heterocycles. The van der Waals surface area contributed by atoms with Gasteiger partial charge in [0.2, 0.25) is 5.88 Å². The zero-order chi connectivity index (χ0) is 13.9. The first kappa shape index (κ1) is 12.2. The molecule has 0 aliphatic rings. The summed E-state index contributed by atoms with van der Waals surface area (Å²) in [5.74, 6) is 1.26. The molecule has 1 radical (unpaired) electrons. The molecule has 0 atom stereocenters. The van der Waals surface area contributed by atoms with Crippen molar-refractivity contribution in [3.05, 3.63) is 54.6 Å². The monoisotopic (exact) mass is 267 g/mol. The van der Waals surface area contributed by atoms with Gasteiger partial charge < -0.3 is 9.30 Å². The number of rotatable bonds is 4. The molecule has 3 rings (SSSR count). The van der Waals surface area contributed by atoms with Crippen molar-refractivity contribution >= 4 is 6.29 Å². The Kier molecular flexibility index (Phi) is 3.04. The molecular weight excluding hydrogens is 256 g/mol. The van der Waals surface area contributed by atoms with Crippen LogP contribution in [0.1, 0.15) is 5.69 Å². The molecular formula is C14H11N4O2. The fraction of sp³-hybridized carbons (Fsp3) is 0.0714. The van der Waals surface area contributed by atoms with Crippen LogP contribution in [-0.2, 0) is 4.79 Å². The van der Waals surface area contributed by atoms with E-state index in [1.165, 1.54) is 0 Å². The fourth-order valence-corrected chi connectivity index (χ4v) is 1.90. The first-order valence-corrected chi connectivity index (χ1v) is 5.94. The smallest absolute Gasteiger partial charge is 0.255 e. The predicted octanol–water partition coefficient (Wildman–Crippen LogP) is 1.52. The van der Waals surface area contributed by atoms with E-state index in [-0.39, 0.29) is 5.69 Å². The maximum absolute atomic E-state index is 10.8. The Morgan fingerprint density at radius 2 is 2.05 bits per heavy atom. The number of ether oxygens (including phenoxy) is 1. The minimum Gasteiger partial charge on any atom is -0.481 e. The first-order valence-electron chi connectivity index (χ1n) is 5.94.